The average Bonchev–Trinajstić information content (AvgIpc) is 2.68. The van der Waals surface area contributed by atoms with Crippen LogP contribution in [-0.2, 0) is 4.79 Å². The molecular formula is C15H26N2O. The highest BCUT2D eigenvalue weighted by molar-refractivity contribution is 5.85. The predicted octanol–water partition coefficient (Wildman–Crippen LogP) is 3.21. The van der Waals surface area contributed by atoms with Gasteiger partial charge in [0, 0.05) is 13.1 Å². The van der Waals surface area contributed by atoms with Gasteiger partial charge >= 0.3 is 0 Å². The molecule has 1 saturated heterocycles. The van der Waals surface area contributed by atoms with Crippen molar-refractivity contribution in [2.24, 2.45) is 17.3 Å². The second kappa shape index (κ2) is 6.22. The number of hydrogen-bond acceptors (Lipinski definition) is 2. The summed E-state index contributed by atoms with van der Waals surface area (Å²) in [5, 5.41) is 9.50. The van der Waals surface area contributed by atoms with Crippen LogP contribution in [-0.4, -0.2) is 23.9 Å². The third-order valence-corrected chi connectivity index (χ3v) is 4.25. The van der Waals surface area contributed by atoms with E-state index in [-0.39, 0.29) is 5.91 Å². The third-order valence-electron chi connectivity index (χ3n) is 4.25. The van der Waals surface area contributed by atoms with Crippen molar-refractivity contribution in [2.45, 2.75) is 53.4 Å². The molecular weight excluding hydrogens is 224 g/mol. The van der Waals surface area contributed by atoms with E-state index in [1.807, 2.05) is 18.7 Å². The van der Waals surface area contributed by atoms with Crippen molar-refractivity contribution in [1.82, 2.24) is 4.90 Å². The van der Waals surface area contributed by atoms with Gasteiger partial charge in [-0.25, -0.2) is 0 Å². The predicted molar refractivity (Wildman–Crippen MR) is 72.8 cm³/mol. The van der Waals surface area contributed by atoms with Crippen molar-refractivity contribution >= 4 is 5.91 Å². The molecule has 102 valence electrons. The summed E-state index contributed by atoms with van der Waals surface area (Å²) in [5.74, 6) is 1.17. The van der Waals surface area contributed by atoms with Gasteiger partial charge in [-0.1, -0.05) is 40.5 Å². The van der Waals surface area contributed by atoms with Crippen molar-refractivity contribution < 1.29 is 4.79 Å². The Hall–Kier alpha value is -1.04. The maximum atomic E-state index is 12.7. The monoisotopic (exact) mass is 250 g/mol. The highest BCUT2D eigenvalue weighted by Gasteiger charge is 2.42. The highest BCUT2D eigenvalue weighted by Crippen LogP contribution is 2.34. The largest absolute Gasteiger partial charge is 0.341 e. The van der Waals surface area contributed by atoms with Crippen molar-refractivity contribution in [3.63, 3.8) is 0 Å². The molecule has 1 heterocycles. The van der Waals surface area contributed by atoms with Gasteiger partial charge in [0.05, 0.1) is 6.07 Å². The molecule has 2 unspecified atom stereocenters. The van der Waals surface area contributed by atoms with Crippen LogP contribution in [0.5, 0.6) is 0 Å². The van der Waals surface area contributed by atoms with Gasteiger partial charge in [0.1, 0.15) is 5.41 Å². The SMILES string of the molecule is CCCC(C#N)(CCC)C(=O)N1CC(C)C(C)C1. The molecule has 0 aromatic rings. The first kappa shape index (κ1) is 15.0. The molecule has 0 aliphatic carbocycles. The lowest BCUT2D eigenvalue weighted by atomic mass is 9.79. The van der Waals surface area contributed by atoms with Gasteiger partial charge in [-0.15, -0.1) is 0 Å². The first-order valence-electron chi connectivity index (χ1n) is 7.21. The number of amides is 1. The Morgan fingerprint density at radius 1 is 1.22 bits per heavy atom. The second-order valence-corrected chi connectivity index (χ2v) is 5.86. The van der Waals surface area contributed by atoms with Gasteiger partial charge < -0.3 is 4.90 Å². The van der Waals surface area contributed by atoms with E-state index in [9.17, 15) is 10.1 Å². The Balaban J connectivity index is 2.86. The maximum Gasteiger partial charge on any atom is 0.243 e. The van der Waals surface area contributed by atoms with Crippen molar-refractivity contribution in [3.05, 3.63) is 0 Å². The van der Waals surface area contributed by atoms with Crippen LogP contribution < -0.4 is 0 Å². The number of carbonyl (C=O) groups excluding carboxylic acids is 1. The second-order valence-electron chi connectivity index (χ2n) is 5.86. The van der Waals surface area contributed by atoms with E-state index in [4.69, 9.17) is 0 Å². The minimum Gasteiger partial charge on any atom is -0.341 e. The normalized spacial score (nSPS) is 24.1. The van der Waals surface area contributed by atoms with Gasteiger partial charge in [0.15, 0.2) is 0 Å². The summed E-state index contributed by atoms with van der Waals surface area (Å²) in [4.78, 5) is 14.6. The molecule has 3 heteroatoms. The Morgan fingerprint density at radius 3 is 2.00 bits per heavy atom. The van der Waals surface area contributed by atoms with Crippen LogP contribution in [0.1, 0.15) is 53.4 Å². The highest BCUT2D eigenvalue weighted by atomic mass is 16.2. The number of hydrogen-bond donors (Lipinski definition) is 0. The molecule has 0 saturated carbocycles. The van der Waals surface area contributed by atoms with Crippen molar-refractivity contribution in [1.29, 1.82) is 5.26 Å². The van der Waals surface area contributed by atoms with Crippen LogP contribution in [0.2, 0.25) is 0 Å². The van der Waals surface area contributed by atoms with Gasteiger partial charge in [-0.2, -0.15) is 5.26 Å². The Kier molecular flexibility index (Phi) is 5.19. The summed E-state index contributed by atoms with van der Waals surface area (Å²) in [6.07, 6.45) is 3.15. The number of nitriles is 1. The van der Waals surface area contributed by atoms with Gasteiger partial charge in [0.2, 0.25) is 5.91 Å². The fraction of sp³-hybridized carbons (Fsp3) is 0.867. The molecule has 1 rings (SSSR count). The number of rotatable bonds is 5. The van der Waals surface area contributed by atoms with E-state index in [0.29, 0.717) is 24.7 Å². The molecule has 1 aliphatic rings. The summed E-state index contributed by atoms with van der Waals surface area (Å²) in [6.45, 7) is 10.1. The quantitative estimate of drug-likeness (QED) is 0.752. The molecule has 18 heavy (non-hydrogen) atoms. The van der Waals surface area contributed by atoms with Crippen LogP contribution in [0.4, 0.5) is 0 Å². The van der Waals surface area contributed by atoms with E-state index in [1.165, 1.54) is 0 Å². The summed E-state index contributed by atoms with van der Waals surface area (Å²) in [6, 6.07) is 2.33. The molecule has 0 spiro atoms. The molecule has 0 aromatic carbocycles. The van der Waals surface area contributed by atoms with E-state index < -0.39 is 5.41 Å². The zero-order valence-electron chi connectivity index (χ0n) is 12.2. The zero-order valence-corrected chi connectivity index (χ0v) is 12.2. The number of carbonyl (C=O) groups is 1. The van der Waals surface area contributed by atoms with E-state index in [0.717, 1.165) is 25.9 Å². The van der Waals surface area contributed by atoms with Crippen LogP contribution in [0, 0.1) is 28.6 Å². The maximum absolute atomic E-state index is 12.7. The molecule has 0 N–H and O–H groups in total. The third kappa shape index (κ3) is 2.85. The number of likely N-dealkylation sites (tertiary alicyclic amines) is 1. The number of nitrogens with zero attached hydrogens (tertiary/aromatic N) is 2. The Labute approximate surface area is 111 Å². The molecule has 0 bridgehead atoms. The smallest absolute Gasteiger partial charge is 0.243 e. The van der Waals surface area contributed by atoms with E-state index in [1.54, 1.807) is 0 Å². The molecule has 0 radical (unpaired) electrons. The fourth-order valence-electron chi connectivity index (χ4n) is 2.95. The summed E-state index contributed by atoms with van der Waals surface area (Å²) in [5.41, 5.74) is -0.771. The topological polar surface area (TPSA) is 44.1 Å². The molecule has 1 aliphatic heterocycles. The lowest BCUT2D eigenvalue weighted by molar-refractivity contribution is -0.139. The van der Waals surface area contributed by atoms with E-state index >= 15 is 0 Å². The summed E-state index contributed by atoms with van der Waals surface area (Å²) >= 11 is 0. The van der Waals surface area contributed by atoms with Crippen LogP contribution >= 0.6 is 0 Å². The van der Waals surface area contributed by atoms with Crippen LogP contribution in [0.15, 0.2) is 0 Å². The minimum absolute atomic E-state index is 0.0740. The molecule has 3 nitrogen and oxygen atoms in total. The summed E-state index contributed by atoms with van der Waals surface area (Å²) < 4.78 is 0. The van der Waals surface area contributed by atoms with Crippen LogP contribution in [0.25, 0.3) is 0 Å². The lowest BCUT2D eigenvalue weighted by Crippen LogP contribution is -2.42. The van der Waals surface area contributed by atoms with Crippen LogP contribution in [0.3, 0.4) is 0 Å². The lowest BCUT2D eigenvalue weighted by Gasteiger charge is -2.30. The zero-order chi connectivity index (χ0) is 13.8. The standard InChI is InChI=1S/C15H26N2O/c1-5-7-15(11-16,8-6-2)14(18)17-9-12(3)13(4)10-17/h12-13H,5-10H2,1-4H3. The average molecular weight is 250 g/mol. The molecule has 2 atom stereocenters. The molecule has 0 aromatic heterocycles. The molecule has 1 fully saturated rings. The fourth-order valence-corrected chi connectivity index (χ4v) is 2.95. The Morgan fingerprint density at radius 2 is 1.67 bits per heavy atom. The van der Waals surface area contributed by atoms with Gasteiger partial charge in [-0.3, -0.25) is 4.79 Å². The van der Waals surface area contributed by atoms with Crippen molar-refractivity contribution in [3.8, 4) is 6.07 Å². The van der Waals surface area contributed by atoms with Crippen molar-refractivity contribution in [2.75, 3.05) is 13.1 Å². The van der Waals surface area contributed by atoms with Gasteiger partial charge in [-0.05, 0) is 24.7 Å². The van der Waals surface area contributed by atoms with E-state index in [2.05, 4.69) is 19.9 Å². The first-order valence-corrected chi connectivity index (χ1v) is 7.21. The minimum atomic E-state index is -0.771. The Bertz CT molecular complexity index is 316. The summed E-state index contributed by atoms with van der Waals surface area (Å²) in [7, 11) is 0. The van der Waals surface area contributed by atoms with Gasteiger partial charge in [0.25, 0.3) is 0 Å². The first-order chi connectivity index (χ1) is 8.50. The molecule has 1 amide bonds.